The van der Waals surface area contributed by atoms with Crippen molar-refractivity contribution < 1.29 is 9.59 Å². The van der Waals surface area contributed by atoms with Gasteiger partial charge in [-0.05, 0) is 31.4 Å². The molecule has 3 heterocycles. The minimum atomic E-state index is -0.327. The number of amides is 2. The average molecular weight is 287 g/mol. The van der Waals surface area contributed by atoms with Crippen molar-refractivity contribution in [3.63, 3.8) is 0 Å². The Balaban J connectivity index is 1.69. The second kappa shape index (κ2) is 5.47. The van der Waals surface area contributed by atoms with Crippen LogP contribution in [0.25, 0.3) is 0 Å². The normalized spacial score (nSPS) is 25.7. The molecule has 21 heavy (non-hydrogen) atoms. The van der Waals surface area contributed by atoms with Crippen LogP contribution < -0.4 is 0 Å². The number of nitrogens with zero attached hydrogens (tertiary/aromatic N) is 3. The van der Waals surface area contributed by atoms with E-state index in [1.807, 2.05) is 30.1 Å². The summed E-state index contributed by atoms with van der Waals surface area (Å²) in [6.45, 7) is 2.13. The first-order valence-electron chi connectivity index (χ1n) is 7.54. The van der Waals surface area contributed by atoms with E-state index in [1.165, 1.54) is 0 Å². The average Bonchev–Trinajstić information content (AvgIpc) is 2.77. The third-order valence-electron chi connectivity index (χ3n) is 4.71. The van der Waals surface area contributed by atoms with Crippen molar-refractivity contribution in [2.75, 3.05) is 26.7 Å². The molecule has 2 aliphatic rings. The molecule has 0 saturated carbocycles. The van der Waals surface area contributed by atoms with Crippen molar-refractivity contribution in [2.24, 2.45) is 5.41 Å². The highest BCUT2D eigenvalue weighted by Gasteiger charge is 2.48. The monoisotopic (exact) mass is 287 g/mol. The molecule has 1 aromatic rings. The summed E-state index contributed by atoms with van der Waals surface area (Å²) in [5, 5.41) is 0. The lowest BCUT2D eigenvalue weighted by atomic mass is 9.78. The highest BCUT2D eigenvalue weighted by atomic mass is 16.2. The van der Waals surface area contributed by atoms with Crippen molar-refractivity contribution in [2.45, 2.75) is 25.7 Å². The number of rotatable bonds is 2. The SMILES string of the molecule is CN1CCC2(CCCN(C(=O)Cc3ccccn3)C2)C1=O. The molecule has 2 fully saturated rings. The summed E-state index contributed by atoms with van der Waals surface area (Å²) in [7, 11) is 1.85. The molecule has 2 amide bonds. The first kappa shape index (κ1) is 14.0. The van der Waals surface area contributed by atoms with Gasteiger partial charge < -0.3 is 9.80 Å². The first-order valence-corrected chi connectivity index (χ1v) is 7.54. The van der Waals surface area contributed by atoms with Crippen LogP contribution in [0.3, 0.4) is 0 Å². The van der Waals surface area contributed by atoms with Crippen LogP contribution in [-0.2, 0) is 16.0 Å². The van der Waals surface area contributed by atoms with E-state index in [-0.39, 0.29) is 17.2 Å². The second-order valence-electron chi connectivity index (χ2n) is 6.17. The summed E-state index contributed by atoms with van der Waals surface area (Å²) in [4.78, 5) is 32.7. The molecule has 5 nitrogen and oxygen atoms in total. The van der Waals surface area contributed by atoms with E-state index in [2.05, 4.69) is 4.98 Å². The Morgan fingerprint density at radius 3 is 2.86 bits per heavy atom. The number of carbonyl (C=O) groups is 2. The van der Waals surface area contributed by atoms with Crippen molar-refractivity contribution in [3.8, 4) is 0 Å². The van der Waals surface area contributed by atoms with Crippen molar-refractivity contribution in [1.29, 1.82) is 0 Å². The Kier molecular flexibility index (Phi) is 3.66. The number of carbonyl (C=O) groups excluding carboxylic acids is 2. The smallest absolute Gasteiger partial charge is 0.230 e. The number of aromatic nitrogens is 1. The van der Waals surface area contributed by atoms with Crippen LogP contribution >= 0.6 is 0 Å². The van der Waals surface area contributed by atoms with Crippen LogP contribution in [0.1, 0.15) is 25.0 Å². The molecule has 3 rings (SSSR count). The van der Waals surface area contributed by atoms with E-state index in [1.54, 1.807) is 11.1 Å². The van der Waals surface area contributed by atoms with Gasteiger partial charge >= 0.3 is 0 Å². The van der Waals surface area contributed by atoms with Crippen molar-refractivity contribution >= 4 is 11.8 Å². The zero-order valence-electron chi connectivity index (χ0n) is 12.4. The maximum absolute atomic E-state index is 12.5. The van der Waals surface area contributed by atoms with Crippen LogP contribution in [0.2, 0.25) is 0 Å². The summed E-state index contributed by atoms with van der Waals surface area (Å²) in [5.74, 6) is 0.285. The van der Waals surface area contributed by atoms with Crippen molar-refractivity contribution in [1.82, 2.24) is 14.8 Å². The quantitative estimate of drug-likeness (QED) is 0.818. The summed E-state index contributed by atoms with van der Waals surface area (Å²) < 4.78 is 0. The van der Waals surface area contributed by atoms with Gasteiger partial charge in [0.2, 0.25) is 11.8 Å². The number of pyridine rings is 1. The van der Waals surface area contributed by atoms with Crippen LogP contribution in [0.4, 0.5) is 0 Å². The van der Waals surface area contributed by atoms with Gasteiger partial charge in [0.05, 0.1) is 11.8 Å². The first-order chi connectivity index (χ1) is 10.1. The topological polar surface area (TPSA) is 53.5 Å². The molecule has 2 aliphatic heterocycles. The molecule has 0 radical (unpaired) electrons. The molecule has 0 N–H and O–H groups in total. The lowest BCUT2D eigenvalue weighted by Crippen LogP contribution is -2.49. The predicted molar refractivity (Wildman–Crippen MR) is 78.4 cm³/mol. The zero-order chi connectivity index (χ0) is 14.9. The van der Waals surface area contributed by atoms with Crippen LogP contribution in [0, 0.1) is 5.41 Å². The summed E-state index contributed by atoms with van der Waals surface area (Å²) in [5.41, 5.74) is 0.462. The third kappa shape index (κ3) is 2.64. The van der Waals surface area contributed by atoms with Gasteiger partial charge in [0.15, 0.2) is 0 Å². The molecular formula is C16H21N3O2. The number of hydrogen-bond donors (Lipinski definition) is 0. The van der Waals surface area contributed by atoms with E-state index >= 15 is 0 Å². The van der Waals surface area contributed by atoms with Gasteiger partial charge in [0.25, 0.3) is 0 Å². The highest BCUT2D eigenvalue weighted by molar-refractivity contribution is 5.86. The molecule has 1 spiro atoms. The lowest BCUT2D eigenvalue weighted by Gasteiger charge is -2.38. The Hall–Kier alpha value is -1.91. The summed E-state index contributed by atoms with van der Waals surface area (Å²) >= 11 is 0. The van der Waals surface area contributed by atoms with E-state index in [0.717, 1.165) is 38.0 Å². The number of likely N-dealkylation sites (tertiary alicyclic amines) is 2. The lowest BCUT2D eigenvalue weighted by molar-refractivity contribution is -0.142. The van der Waals surface area contributed by atoms with Gasteiger partial charge in [-0.2, -0.15) is 0 Å². The molecule has 0 aromatic carbocycles. The van der Waals surface area contributed by atoms with Crippen molar-refractivity contribution in [3.05, 3.63) is 30.1 Å². The van der Waals surface area contributed by atoms with Crippen LogP contribution in [0.15, 0.2) is 24.4 Å². The largest absolute Gasteiger partial charge is 0.345 e. The molecular weight excluding hydrogens is 266 g/mol. The third-order valence-corrected chi connectivity index (χ3v) is 4.71. The fraction of sp³-hybridized carbons (Fsp3) is 0.562. The molecule has 5 heteroatoms. The summed E-state index contributed by atoms with van der Waals surface area (Å²) in [6.07, 6.45) is 4.71. The minimum Gasteiger partial charge on any atom is -0.345 e. The number of hydrogen-bond acceptors (Lipinski definition) is 3. The minimum absolute atomic E-state index is 0.0788. The molecule has 0 bridgehead atoms. The van der Waals surface area contributed by atoms with Crippen LogP contribution in [-0.4, -0.2) is 53.3 Å². The molecule has 2 saturated heterocycles. The van der Waals surface area contributed by atoms with Gasteiger partial charge in [0, 0.05) is 38.6 Å². The van der Waals surface area contributed by atoms with Gasteiger partial charge in [-0.3, -0.25) is 14.6 Å². The van der Waals surface area contributed by atoms with E-state index in [4.69, 9.17) is 0 Å². The van der Waals surface area contributed by atoms with Crippen LogP contribution in [0.5, 0.6) is 0 Å². The maximum Gasteiger partial charge on any atom is 0.230 e. The Morgan fingerprint density at radius 2 is 2.19 bits per heavy atom. The van der Waals surface area contributed by atoms with Gasteiger partial charge in [-0.1, -0.05) is 6.07 Å². The van der Waals surface area contributed by atoms with E-state index in [0.29, 0.717) is 13.0 Å². The van der Waals surface area contributed by atoms with Gasteiger partial charge in [0.1, 0.15) is 0 Å². The number of piperidine rings is 1. The fourth-order valence-electron chi connectivity index (χ4n) is 3.49. The van der Waals surface area contributed by atoms with E-state index in [9.17, 15) is 9.59 Å². The molecule has 112 valence electrons. The summed E-state index contributed by atoms with van der Waals surface area (Å²) in [6, 6.07) is 5.60. The van der Waals surface area contributed by atoms with E-state index < -0.39 is 0 Å². The molecule has 1 unspecified atom stereocenters. The Bertz CT molecular complexity index is 542. The molecule has 1 atom stereocenters. The highest BCUT2D eigenvalue weighted by Crippen LogP contribution is 2.39. The Labute approximate surface area is 124 Å². The fourth-order valence-corrected chi connectivity index (χ4v) is 3.49. The molecule has 1 aromatic heterocycles. The Morgan fingerprint density at radius 1 is 1.33 bits per heavy atom. The maximum atomic E-state index is 12.5. The zero-order valence-corrected chi connectivity index (χ0v) is 12.4. The van der Waals surface area contributed by atoms with Gasteiger partial charge in [-0.25, -0.2) is 0 Å². The standard InChI is InChI=1S/C16H21N3O2/c1-18-10-7-16(15(18)21)6-4-9-19(12-16)14(20)11-13-5-2-3-8-17-13/h2-3,5,8H,4,6-7,9-12H2,1H3. The predicted octanol–water partition coefficient (Wildman–Crippen LogP) is 1.09. The van der Waals surface area contributed by atoms with Gasteiger partial charge in [-0.15, -0.1) is 0 Å². The second-order valence-corrected chi connectivity index (χ2v) is 6.17. The molecule has 0 aliphatic carbocycles.